The summed E-state index contributed by atoms with van der Waals surface area (Å²) in [5.41, 5.74) is 8.12. The van der Waals surface area contributed by atoms with E-state index < -0.39 is 0 Å². The zero-order valence-corrected chi connectivity index (χ0v) is 11.4. The molecule has 18 heavy (non-hydrogen) atoms. The number of rotatable bonds is 1. The molecule has 1 aromatic heterocycles. The lowest BCUT2D eigenvalue weighted by atomic mass is 10.2. The molecular weight excluding hydrogens is 246 g/mol. The van der Waals surface area contributed by atoms with Gasteiger partial charge < -0.3 is 15.1 Å². The van der Waals surface area contributed by atoms with Crippen molar-refractivity contribution < 1.29 is 4.42 Å². The molecule has 1 fully saturated rings. The van der Waals surface area contributed by atoms with Crippen molar-refractivity contribution in [3.8, 4) is 0 Å². The first-order chi connectivity index (χ1) is 8.65. The van der Waals surface area contributed by atoms with Crippen molar-refractivity contribution in [1.29, 1.82) is 0 Å². The fourth-order valence-corrected chi connectivity index (χ4v) is 3.36. The third-order valence-electron chi connectivity index (χ3n) is 3.53. The minimum atomic E-state index is 0.439. The second-order valence-corrected chi connectivity index (χ2v) is 6.22. The monoisotopic (exact) mass is 263 g/mol. The molecule has 0 aliphatic carbocycles. The van der Waals surface area contributed by atoms with Gasteiger partial charge in [-0.2, -0.15) is 16.7 Å². The van der Waals surface area contributed by atoms with Gasteiger partial charge in [0.25, 0.3) is 6.01 Å². The van der Waals surface area contributed by atoms with E-state index in [1.165, 1.54) is 0 Å². The molecule has 2 N–H and O–H groups in total. The Hall–Kier alpha value is -1.36. The molecule has 4 nitrogen and oxygen atoms in total. The van der Waals surface area contributed by atoms with E-state index in [0.717, 1.165) is 35.1 Å². The normalized spacial score (nSPS) is 24.7. The molecule has 0 spiro atoms. The Balaban J connectivity index is 1.98. The number of hydrogen-bond acceptors (Lipinski definition) is 5. The number of oxazole rings is 1. The Kier molecular flexibility index (Phi) is 2.86. The summed E-state index contributed by atoms with van der Waals surface area (Å²) >= 11 is 2.00. The number of thioether (sulfide) groups is 1. The van der Waals surface area contributed by atoms with Crippen LogP contribution in [0.5, 0.6) is 0 Å². The van der Waals surface area contributed by atoms with Crippen LogP contribution >= 0.6 is 11.8 Å². The van der Waals surface area contributed by atoms with Gasteiger partial charge >= 0.3 is 0 Å². The van der Waals surface area contributed by atoms with Crippen LogP contribution in [0.2, 0.25) is 0 Å². The van der Waals surface area contributed by atoms with Gasteiger partial charge in [-0.05, 0) is 25.1 Å². The van der Waals surface area contributed by atoms with E-state index >= 15 is 0 Å². The van der Waals surface area contributed by atoms with Crippen molar-refractivity contribution in [3.63, 3.8) is 0 Å². The fraction of sp³-hybridized carbons (Fsp3) is 0.462. The molecule has 2 aromatic rings. The zero-order valence-electron chi connectivity index (χ0n) is 10.6. The van der Waals surface area contributed by atoms with Crippen LogP contribution in [0.1, 0.15) is 13.8 Å². The first-order valence-corrected chi connectivity index (χ1v) is 7.24. The van der Waals surface area contributed by atoms with Crippen molar-refractivity contribution >= 4 is 34.6 Å². The maximum atomic E-state index is 5.83. The second kappa shape index (κ2) is 4.39. The second-order valence-electron chi connectivity index (χ2n) is 4.73. The molecule has 1 aromatic carbocycles. The van der Waals surface area contributed by atoms with Gasteiger partial charge in [0, 0.05) is 29.3 Å². The lowest BCUT2D eigenvalue weighted by Gasteiger charge is -2.36. The van der Waals surface area contributed by atoms with Gasteiger partial charge in [-0.3, -0.25) is 0 Å². The summed E-state index contributed by atoms with van der Waals surface area (Å²) in [7, 11) is 0. The van der Waals surface area contributed by atoms with Crippen LogP contribution in [0.4, 0.5) is 11.7 Å². The van der Waals surface area contributed by atoms with Crippen LogP contribution in [0.25, 0.3) is 11.1 Å². The predicted octanol–water partition coefficient (Wildman–Crippen LogP) is 2.74. The Morgan fingerprint density at radius 2 is 2.28 bits per heavy atom. The Morgan fingerprint density at radius 1 is 1.44 bits per heavy atom. The van der Waals surface area contributed by atoms with Crippen LogP contribution < -0.4 is 10.6 Å². The average molecular weight is 263 g/mol. The number of aromatic nitrogens is 1. The third kappa shape index (κ3) is 1.92. The first kappa shape index (κ1) is 11.7. The summed E-state index contributed by atoms with van der Waals surface area (Å²) < 4.78 is 5.83. The van der Waals surface area contributed by atoms with E-state index in [2.05, 4.69) is 23.7 Å². The molecule has 0 saturated carbocycles. The molecule has 1 saturated heterocycles. The largest absolute Gasteiger partial charge is 0.423 e. The van der Waals surface area contributed by atoms with Crippen LogP contribution in [0, 0.1) is 0 Å². The number of benzene rings is 1. The van der Waals surface area contributed by atoms with Crippen molar-refractivity contribution in [3.05, 3.63) is 18.2 Å². The van der Waals surface area contributed by atoms with E-state index in [1.54, 1.807) is 0 Å². The summed E-state index contributed by atoms with van der Waals surface area (Å²) in [5.74, 6) is 1.12. The topological polar surface area (TPSA) is 55.3 Å². The summed E-state index contributed by atoms with van der Waals surface area (Å²) in [6.07, 6.45) is 0. The fourth-order valence-electron chi connectivity index (χ4n) is 2.26. The predicted molar refractivity (Wildman–Crippen MR) is 77.1 cm³/mol. The highest BCUT2D eigenvalue weighted by atomic mass is 32.2. The van der Waals surface area contributed by atoms with Crippen molar-refractivity contribution in [1.82, 2.24) is 4.98 Å². The molecule has 0 bridgehead atoms. The van der Waals surface area contributed by atoms with Crippen LogP contribution in [0.15, 0.2) is 22.6 Å². The van der Waals surface area contributed by atoms with Crippen molar-refractivity contribution in [2.45, 2.75) is 25.1 Å². The summed E-state index contributed by atoms with van der Waals surface area (Å²) in [4.78, 5) is 6.80. The number of nitrogens with zero attached hydrogens (tertiary/aromatic N) is 2. The van der Waals surface area contributed by atoms with Gasteiger partial charge in [0.1, 0.15) is 5.52 Å². The highest BCUT2D eigenvalue weighted by Gasteiger charge is 2.28. The lowest BCUT2D eigenvalue weighted by Crippen LogP contribution is -2.44. The molecule has 2 unspecified atom stereocenters. The lowest BCUT2D eigenvalue weighted by molar-refractivity contribution is 0.522. The number of hydrogen-bond donors (Lipinski definition) is 1. The van der Waals surface area contributed by atoms with Gasteiger partial charge in [0.15, 0.2) is 5.58 Å². The highest BCUT2D eigenvalue weighted by Crippen LogP contribution is 2.31. The zero-order chi connectivity index (χ0) is 12.7. The van der Waals surface area contributed by atoms with Crippen LogP contribution in [-0.2, 0) is 0 Å². The van der Waals surface area contributed by atoms with Gasteiger partial charge in [0.05, 0.1) is 0 Å². The molecule has 2 atom stereocenters. The molecule has 1 aliphatic heterocycles. The molecule has 96 valence electrons. The maximum absolute atomic E-state index is 5.83. The number of nitrogen functional groups attached to an aromatic ring is 1. The standard InChI is InChI=1S/C13H17N3OS/c1-8-9(2)18-6-5-16(8)13-15-11-7-10(14)3-4-12(11)17-13/h3-4,7-9H,5-6,14H2,1-2H3. The molecule has 5 heteroatoms. The molecule has 1 aliphatic rings. The minimum Gasteiger partial charge on any atom is -0.423 e. The molecule has 3 rings (SSSR count). The molecular formula is C13H17N3OS. The van der Waals surface area contributed by atoms with E-state index in [0.29, 0.717) is 11.3 Å². The molecule has 2 heterocycles. The van der Waals surface area contributed by atoms with Gasteiger partial charge in [-0.25, -0.2) is 0 Å². The summed E-state index contributed by atoms with van der Waals surface area (Å²) in [6, 6.07) is 6.74. The quantitative estimate of drug-likeness (QED) is 0.802. The van der Waals surface area contributed by atoms with Crippen molar-refractivity contribution in [2.75, 3.05) is 22.9 Å². The van der Waals surface area contributed by atoms with E-state index in [-0.39, 0.29) is 0 Å². The highest BCUT2D eigenvalue weighted by molar-refractivity contribution is 8.00. The SMILES string of the molecule is CC1SCCN(c2nc3cc(N)ccc3o2)C1C. The van der Waals surface area contributed by atoms with Crippen LogP contribution in [0.3, 0.4) is 0 Å². The van der Waals surface area contributed by atoms with Gasteiger partial charge in [-0.15, -0.1) is 0 Å². The maximum Gasteiger partial charge on any atom is 0.298 e. The van der Waals surface area contributed by atoms with E-state index in [9.17, 15) is 0 Å². The first-order valence-electron chi connectivity index (χ1n) is 6.19. The summed E-state index contributed by atoms with van der Waals surface area (Å²) in [5, 5.41) is 0.596. The molecule has 0 amide bonds. The Morgan fingerprint density at radius 3 is 3.11 bits per heavy atom. The number of anilines is 2. The van der Waals surface area contributed by atoms with E-state index in [4.69, 9.17) is 10.2 Å². The van der Waals surface area contributed by atoms with Gasteiger partial charge in [0.2, 0.25) is 0 Å². The van der Waals surface area contributed by atoms with Gasteiger partial charge in [-0.1, -0.05) is 6.92 Å². The average Bonchev–Trinajstić information content (AvgIpc) is 2.75. The van der Waals surface area contributed by atoms with E-state index in [1.807, 2.05) is 30.0 Å². The number of fused-ring (bicyclic) bond motifs is 1. The summed E-state index contributed by atoms with van der Waals surface area (Å²) in [6.45, 7) is 5.46. The smallest absolute Gasteiger partial charge is 0.298 e. The van der Waals surface area contributed by atoms with Crippen molar-refractivity contribution in [2.24, 2.45) is 0 Å². The third-order valence-corrected chi connectivity index (χ3v) is 4.87. The molecule has 0 radical (unpaired) electrons. The minimum absolute atomic E-state index is 0.439. The Labute approximate surface area is 111 Å². The Bertz CT molecular complexity index is 568. The number of nitrogens with two attached hydrogens (primary N) is 1. The van der Waals surface area contributed by atoms with Crippen LogP contribution in [-0.4, -0.2) is 28.6 Å².